The second-order valence-electron chi connectivity index (χ2n) is 13.0. The van der Waals surface area contributed by atoms with Crippen molar-refractivity contribution in [2.75, 3.05) is 26.4 Å². The van der Waals surface area contributed by atoms with Crippen molar-refractivity contribution in [1.82, 2.24) is 0 Å². The van der Waals surface area contributed by atoms with Crippen molar-refractivity contribution in [1.29, 1.82) is 0 Å². The molecule has 2 aliphatic carbocycles. The predicted octanol–water partition coefficient (Wildman–Crippen LogP) is 8.16. The molecular formula is C33H52O4. The van der Waals surface area contributed by atoms with E-state index in [1.54, 1.807) is 11.1 Å². The quantitative estimate of drug-likeness (QED) is 0.307. The molecule has 4 aliphatic rings. The average Bonchev–Trinajstić information content (AvgIpc) is 2.85. The first-order valence-corrected chi connectivity index (χ1v) is 14.8. The molecule has 4 nitrogen and oxygen atoms in total. The third-order valence-electron chi connectivity index (χ3n) is 8.94. The van der Waals surface area contributed by atoms with Crippen LogP contribution in [0.1, 0.15) is 92.9 Å². The summed E-state index contributed by atoms with van der Waals surface area (Å²) in [6, 6.07) is 0. The van der Waals surface area contributed by atoms with Crippen LogP contribution in [-0.2, 0) is 18.9 Å². The van der Waals surface area contributed by atoms with Gasteiger partial charge in [-0.3, -0.25) is 0 Å². The summed E-state index contributed by atoms with van der Waals surface area (Å²) in [6.45, 7) is 16.1. The smallest absolute Gasteiger partial charge is 0.160 e. The van der Waals surface area contributed by atoms with Crippen LogP contribution in [0.4, 0.5) is 0 Å². The molecule has 1 spiro atoms. The van der Waals surface area contributed by atoms with Gasteiger partial charge < -0.3 is 18.9 Å². The summed E-state index contributed by atoms with van der Waals surface area (Å²) < 4.78 is 25.5. The highest BCUT2D eigenvalue weighted by atomic mass is 16.7. The summed E-state index contributed by atoms with van der Waals surface area (Å²) in [4.78, 5) is 0. The predicted molar refractivity (Wildman–Crippen MR) is 151 cm³/mol. The van der Waals surface area contributed by atoms with Gasteiger partial charge in [0.05, 0.1) is 31.8 Å². The summed E-state index contributed by atoms with van der Waals surface area (Å²) in [5.41, 5.74) is 5.85. The SMILES string of the molecule is CC(C)=CCCC1=CC[C@H](C2OCC3(CO2)COC([C@@H]2CC=C(CCC=C(C)C)C[C@H]2C)OC3)[C@H](C)C1. The van der Waals surface area contributed by atoms with Crippen molar-refractivity contribution in [3.05, 3.63) is 46.6 Å². The van der Waals surface area contributed by atoms with Crippen LogP contribution in [0, 0.1) is 29.1 Å². The molecule has 0 aromatic carbocycles. The van der Waals surface area contributed by atoms with Crippen LogP contribution in [0.15, 0.2) is 46.6 Å². The normalized spacial score (nSPS) is 36.5. The Balaban J connectivity index is 1.21. The van der Waals surface area contributed by atoms with Crippen molar-refractivity contribution in [2.24, 2.45) is 29.1 Å². The minimum absolute atomic E-state index is 0.109. The second kappa shape index (κ2) is 13.2. The maximum atomic E-state index is 6.36. The molecule has 0 aromatic rings. The molecule has 0 N–H and O–H groups in total. The lowest BCUT2D eigenvalue weighted by molar-refractivity contribution is -0.323. The molecule has 0 bridgehead atoms. The molecule has 0 amide bonds. The Morgan fingerprint density at radius 1 is 0.703 bits per heavy atom. The van der Waals surface area contributed by atoms with Gasteiger partial charge in [0.2, 0.25) is 0 Å². The van der Waals surface area contributed by atoms with E-state index in [0.717, 1.165) is 38.5 Å². The van der Waals surface area contributed by atoms with Crippen LogP contribution in [0.3, 0.4) is 0 Å². The van der Waals surface area contributed by atoms with Gasteiger partial charge in [0, 0.05) is 11.8 Å². The molecule has 37 heavy (non-hydrogen) atoms. The molecule has 0 radical (unpaired) electrons. The fourth-order valence-electron chi connectivity index (χ4n) is 6.50. The van der Waals surface area contributed by atoms with Crippen LogP contribution in [0.2, 0.25) is 0 Å². The van der Waals surface area contributed by atoms with Gasteiger partial charge in [-0.1, -0.05) is 60.4 Å². The fourth-order valence-corrected chi connectivity index (χ4v) is 6.50. The Kier molecular flexibility index (Phi) is 10.3. The minimum atomic E-state index is -0.167. The summed E-state index contributed by atoms with van der Waals surface area (Å²) in [5.74, 6) is 2.04. The van der Waals surface area contributed by atoms with E-state index in [9.17, 15) is 0 Å². The molecule has 0 unspecified atom stereocenters. The summed E-state index contributed by atoms with van der Waals surface area (Å²) in [5, 5.41) is 0. The summed E-state index contributed by atoms with van der Waals surface area (Å²) in [7, 11) is 0. The third-order valence-corrected chi connectivity index (χ3v) is 8.94. The molecule has 2 fully saturated rings. The van der Waals surface area contributed by atoms with E-state index >= 15 is 0 Å². The van der Waals surface area contributed by atoms with Gasteiger partial charge in [-0.2, -0.15) is 0 Å². The lowest BCUT2D eigenvalue weighted by atomic mass is 9.78. The van der Waals surface area contributed by atoms with Gasteiger partial charge in [0.1, 0.15) is 0 Å². The summed E-state index contributed by atoms with van der Waals surface area (Å²) >= 11 is 0. The van der Waals surface area contributed by atoms with E-state index < -0.39 is 0 Å². The van der Waals surface area contributed by atoms with Crippen LogP contribution in [0.5, 0.6) is 0 Å². The van der Waals surface area contributed by atoms with Crippen molar-refractivity contribution in [3.63, 3.8) is 0 Å². The molecule has 2 aliphatic heterocycles. The van der Waals surface area contributed by atoms with Crippen molar-refractivity contribution < 1.29 is 18.9 Å². The van der Waals surface area contributed by atoms with Crippen LogP contribution in [-0.4, -0.2) is 39.0 Å². The van der Waals surface area contributed by atoms with Crippen molar-refractivity contribution >= 4 is 0 Å². The largest absolute Gasteiger partial charge is 0.351 e. The van der Waals surface area contributed by atoms with Gasteiger partial charge in [-0.25, -0.2) is 0 Å². The lowest BCUT2D eigenvalue weighted by Gasteiger charge is -2.48. The van der Waals surface area contributed by atoms with E-state index in [-0.39, 0.29) is 18.0 Å². The highest BCUT2D eigenvalue weighted by Gasteiger charge is 2.46. The number of ether oxygens (including phenoxy) is 4. The van der Waals surface area contributed by atoms with Crippen LogP contribution in [0.25, 0.3) is 0 Å². The van der Waals surface area contributed by atoms with Gasteiger partial charge in [0.15, 0.2) is 12.6 Å². The second-order valence-corrected chi connectivity index (χ2v) is 13.0. The van der Waals surface area contributed by atoms with E-state index in [2.05, 4.69) is 65.8 Å². The molecule has 4 heteroatoms. The van der Waals surface area contributed by atoms with Gasteiger partial charge in [-0.05, 0) is 90.9 Å². The first-order chi connectivity index (χ1) is 17.7. The van der Waals surface area contributed by atoms with Crippen LogP contribution < -0.4 is 0 Å². The zero-order chi connectivity index (χ0) is 26.4. The molecule has 0 saturated carbocycles. The van der Waals surface area contributed by atoms with Gasteiger partial charge >= 0.3 is 0 Å². The molecule has 4 atom stereocenters. The topological polar surface area (TPSA) is 36.9 Å². The van der Waals surface area contributed by atoms with Crippen molar-refractivity contribution in [2.45, 2.75) is 105 Å². The first kappa shape index (κ1) is 28.8. The minimum Gasteiger partial charge on any atom is -0.351 e. The Labute approximate surface area is 226 Å². The number of hydrogen-bond donors (Lipinski definition) is 0. The highest BCUT2D eigenvalue weighted by Crippen LogP contribution is 2.41. The third kappa shape index (κ3) is 7.91. The monoisotopic (exact) mass is 512 g/mol. The molecule has 2 heterocycles. The zero-order valence-corrected chi connectivity index (χ0v) is 24.4. The Bertz CT molecular complexity index is 781. The fraction of sp³-hybridized carbons (Fsp3) is 0.758. The number of allylic oxidation sites excluding steroid dienone is 8. The maximum Gasteiger partial charge on any atom is 0.160 e. The lowest BCUT2D eigenvalue weighted by Crippen LogP contribution is -2.55. The molecule has 4 rings (SSSR count). The Morgan fingerprint density at radius 3 is 1.41 bits per heavy atom. The highest BCUT2D eigenvalue weighted by molar-refractivity contribution is 5.12. The summed E-state index contributed by atoms with van der Waals surface area (Å²) in [6.07, 6.45) is 18.5. The first-order valence-electron chi connectivity index (χ1n) is 14.8. The van der Waals surface area contributed by atoms with E-state index in [1.165, 1.54) is 24.0 Å². The van der Waals surface area contributed by atoms with Crippen LogP contribution >= 0.6 is 0 Å². The van der Waals surface area contributed by atoms with E-state index in [0.29, 0.717) is 50.1 Å². The number of hydrogen-bond acceptors (Lipinski definition) is 4. The molecular weight excluding hydrogens is 460 g/mol. The number of rotatable bonds is 8. The van der Waals surface area contributed by atoms with Gasteiger partial charge in [0.25, 0.3) is 0 Å². The Morgan fingerprint density at radius 2 is 1.08 bits per heavy atom. The molecule has 2 saturated heterocycles. The zero-order valence-electron chi connectivity index (χ0n) is 24.4. The molecule has 0 aromatic heterocycles. The van der Waals surface area contributed by atoms with E-state index in [1.807, 2.05) is 0 Å². The van der Waals surface area contributed by atoms with E-state index in [4.69, 9.17) is 18.9 Å². The van der Waals surface area contributed by atoms with Crippen molar-refractivity contribution in [3.8, 4) is 0 Å². The maximum absolute atomic E-state index is 6.36. The standard InChI is InChI=1S/C33H52O4/c1-23(2)9-7-11-27-13-15-29(25(5)17-27)31-34-19-33(20-35-31)21-36-32(37-22-33)30-16-14-28(18-26(30)6)12-8-10-24(3)4/h9-10,13-14,25-26,29-32H,7-8,11-12,15-22H2,1-6H3/t25-,26-,29-,30+,31?,32?,33?/m1/s1. The average molecular weight is 513 g/mol. The van der Waals surface area contributed by atoms with Gasteiger partial charge in [-0.15, -0.1) is 0 Å². The Hall–Kier alpha value is -1.20. The molecule has 208 valence electrons.